The van der Waals surface area contributed by atoms with E-state index in [9.17, 15) is 13.2 Å². The fraction of sp³-hybridized carbons (Fsp3) is 0.0714. The fourth-order valence-corrected chi connectivity index (χ4v) is 2.51. The van der Waals surface area contributed by atoms with E-state index in [1.807, 2.05) is 6.07 Å². The SMILES string of the molecule is COc1c(C=O)cc(S(N)(=O)=O)cc1-c1ccccc1. The Labute approximate surface area is 117 Å². The third kappa shape index (κ3) is 2.71. The Morgan fingerprint density at radius 1 is 1.15 bits per heavy atom. The zero-order valence-corrected chi connectivity index (χ0v) is 11.6. The number of rotatable bonds is 4. The topological polar surface area (TPSA) is 86.5 Å². The maximum Gasteiger partial charge on any atom is 0.238 e. The minimum absolute atomic E-state index is 0.126. The quantitative estimate of drug-likeness (QED) is 0.870. The summed E-state index contributed by atoms with van der Waals surface area (Å²) in [6, 6.07) is 11.6. The third-order valence-corrected chi connectivity index (χ3v) is 3.73. The summed E-state index contributed by atoms with van der Waals surface area (Å²) in [6.45, 7) is 0. The molecule has 0 aliphatic rings. The zero-order valence-electron chi connectivity index (χ0n) is 10.7. The van der Waals surface area contributed by atoms with E-state index in [2.05, 4.69) is 0 Å². The number of ether oxygens (including phenoxy) is 1. The molecule has 5 nitrogen and oxygen atoms in total. The second kappa shape index (κ2) is 5.44. The average Bonchev–Trinajstić information content (AvgIpc) is 2.45. The van der Waals surface area contributed by atoms with E-state index in [0.717, 1.165) is 5.56 Å². The lowest BCUT2D eigenvalue weighted by Gasteiger charge is -2.13. The fourth-order valence-electron chi connectivity index (χ4n) is 1.94. The first-order valence-corrected chi connectivity index (χ1v) is 7.27. The van der Waals surface area contributed by atoms with Crippen LogP contribution < -0.4 is 9.88 Å². The van der Waals surface area contributed by atoms with Gasteiger partial charge in [0.15, 0.2) is 6.29 Å². The number of aldehydes is 1. The van der Waals surface area contributed by atoms with Crippen molar-refractivity contribution < 1.29 is 17.9 Å². The van der Waals surface area contributed by atoms with Crippen LogP contribution in [0.5, 0.6) is 5.75 Å². The molecule has 0 atom stereocenters. The van der Waals surface area contributed by atoms with Crippen LogP contribution in [0.1, 0.15) is 10.4 Å². The molecule has 0 spiro atoms. The van der Waals surface area contributed by atoms with E-state index in [4.69, 9.17) is 9.88 Å². The van der Waals surface area contributed by atoms with Crippen molar-refractivity contribution in [1.82, 2.24) is 0 Å². The van der Waals surface area contributed by atoms with E-state index < -0.39 is 10.0 Å². The minimum Gasteiger partial charge on any atom is -0.495 e. The maximum absolute atomic E-state index is 11.5. The highest BCUT2D eigenvalue weighted by Crippen LogP contribution is 2.34. The van der Waals surface area contributed by atoms with E-state index in [1.54, 1.807) is 24.3 Å². The molecule has 0 saturated carbocycles. The normalized spacial score (nSPS) is 11.1. The van der Waals surface area contributed by atoms with Crippen molar-refractivity contribution in [3.05, 3.63) is 48.0 Å². The van der Waals surface area contributed by atoms with Gasteiger partial charge in [0, 0.05) is 5.56 Å². The van der Waals surface area contributed by atoms with Crippen LogP contribution in [0.25, 0.3) is 11.1 Å². The lowest BCUT2D eigenvalue weighted by molar-refractivity contribution is 0.112. The smallest absolute Gasteiger partial charge is 0.238 e. The Morgan fingerprint density at radius 3 is 2.30 bits per heavy atom. The summed E-state index contributed by atoms with van der Waals surface area (Å²) >= 11 is 0. The highest BCUT2D eigenvalue weighted by Gasteiger charge is 2.17. The molecule has 20 heavy (non-hydrogen) atoms. The maximum atomic E-state index is 11.5. The van der Waals surface area contributed by atoms with Crippen LogP contribution in [-0.4, -0.2) is 21.8 Å². The number of primary sulfonamides is 1. The largest absolute Gasteiger partial charge is 0.495 e. The van der Waals surface area contributed by atoms with Crippen LogP contribution >= 0.6 is 0 Å². The summed E-state index contributed by atoms with van der Waals surface area (Å²) in [7, 11) is -2.48. The van der Waals surface area contributed by atoms with Gasteiger partial charge in [0.25, 0.3) is 0 Å². The van der Waals surface area contributed by atoms with Crippen LogP contribution in [0.15, 0.2) is 47.4 Å². The number of hydrogen-bond donors (Lipinski definition) is 1. The summed E-state index contributed by atoms with van der Waals surface area (Å²) in [4.78, 5) is 11.0. The van der Waals surface area contributed by atoms with Crippen molar-refractivity contribution in [3.8, 4) is 16.9 Å². The number of benzene rings is 2. The number of carbonyl (C=O) groups excluding carboxylic acids is 1. The Bertz CT molecular complexity index is 739. The van der Waals surface area contributed by atoms with Crippen molar-refractivity contribution in [3.63, 3.8) is 0 Å². The lowest BCUT2D eigenvalue weighted by Crippen LogP contribution is -2.13. The van der Waals surface area contributed by atoms with Gasteiger partial charge in [0.05, 0.1) is 17.6 Å². The van der Waals surface area contributed by atoms with E-state index in [-0.39, 0.29) is 10.5 Å². The molecule has 6 heteroatoms. The summed E-state index contributed by atoms with van der Waals surface area (Å²) in [5.74, 6) is 0.318. The third-order valence-electron chi connectivity index (χ3n) is 2.84. The Hall–Kier alpha value is -2.18. The molecule has 0 fully saturated rings. The molecule has 2 N–H and O–H groups in total. The summed E-state index contributed by atoms with van der Waals surface area (Å²) in [5, 5.41) is 5.13. The van der Waals surface area contributed by atoms with Gasteiger partial charge in [0.2, 0.25) is 10.0 Å². The van der Waals surface area contributed by atoms with Gasteiger partial charge in [-0.05, 0) is 17.7 Å². The molecule has 0 unspecified atom stereocenters. The van der Waals surface area contributed by atoms with Gasteiger partial charge in [-0.25, -0.2) is 13.6 Å². The Morgan fingerprint density at radius 2 is 1.80 bits per heavy atom. The molecule has 0 aliphatic heterocycles. The summed E-state index contributed by atoms with van der Waals surface area (Å²) in [6.07, 6.45) is 0.542. The lowest BCUT2D eigenvalue weighted by atomic mass is 10.0. The van der Waals surface area contributed by atoms with Crippen LogP contribution in [0.4, 0.5) is 0 Å². The molecule has 2 aromatic rings. The Balaban J connectivity index is 2.80. The van der Waals surface area contributed by atoms with Crippen molar-refractivity contribution in [1.29, 1.82) is 0 Å². The molecule has 0 saturated heterocycles. The minimum atomic E-state index is -3.91. The molecule has 104 valence electrons. The molecular weight excluding hydrogens is 278 g/mol. The van der Waals surface area contributed by atoms with Gasteiger partial charge in [-0.15, -0.1) is 0 Å². The standard InChI is InChI=1S/C14H13NO4S/c1-19-14-11(9-16)7-12(20(15,17)18)8-13(14)10-5-3-2-4-6-10/h2-9H,1H3,(H2,15,17,18). The number of nitrogens with two attached hydrogens (primary N) is 1. The van der Waals surface area contributed by atoms with Crippen molar-refractivity contribution in [2.75, 3.05) is 7.11 Å². The number of hydrogen-bond acceptors (Lipinski definition) is 4. The molecule has 0 amide bonds. The molecule has 2 aromatic carbocycles. The second-order valence-corrected chi connectivity index (χ2v) is 5.68. The highest BCUT2D eigenvalue weighted by atomic mass is 32.2. The molecule has 0 aliphatic carbocycles. The van der Waals surface area contributed by atoms with Crippen LogP contribution in [-0.2, 0) is 10.0 Å². The van der Waals surface area contributed by atoms with E-state index in [0.29, 0.717) is 17.6 Å². The first kappa shape index (κ1) is 14.2. The van der Waals surface area contributed by atoms with Crippen molar-refractivity contribution in [2.24, 2.45) is 5.14 Å². The molecular formula is C14H13NO4S. The van der Waals surface area contributed by atoms with Gasteiger partial charge in [0.1, 0.15) is 5.75 Å². The number of sulfonamides is 1. The average molecular weight is 291 g/mol. The van der Waals surface area contributed by atoms with Gasteiger partial charge < -0.3 is 4.74 Å². The molecule has 2 rings (SSSR count). The molecule has 0 aromatic heterocycles. The van der Waals surface area contributed by atoms with Gasteiger partial charge in [-0.3, -0.25) is 4.79 Å². The summed E-state index contributed by atoms with van der Waals surface area (Å²) in [5.41, 5.74) is 1.37. The predicted octanol–water partition coefficient (Wildman–Crippen LogP) is 1.82. The van der Waals surface area contributed by atoms with Crippen LogP contribution in [0.2, 0.25) is 0 Å². The first-order valence-electron chi connectivity index (χ1n) is 5.73. The van der Waals surface area contributed by atoms with E-state index >= 15 is 0 Å². The van der Waals surface area contributed by atoms with Crippen molar-refractivity contribution >= 4 is 16.3 Å². The molecule has 0 heterocycles. The van der Waals surface area contributed by atoms with Crippen LogP contribution in [0, 0.1) is 0 Å². The summed E-state index contributed by atoms with van der Waals surface area (Å²) < 4.78 is 28.2. The predicted molar refractivity (Wildman–Crippen MR) is 75.2 cm³/mol. The number of methoxy groups -OCH3 is 1. The number of carbonyl (C=O) groups is 1. The monoisotopic (exact) mass is 291 g/mol. The molecule has 0 bridgehead atoms. The van der Waals surface area contributed by atoms with Crippen molar-refractivity contribution in [2.45, 2.75) is 4.90 Å². The Kier molecular flexibility index (Phi) is 3.87. The van der Waals surface area contributed by atoms with Gasteiger partial charge >= 0.3 is 0 Å². The first-order chi connectivity index (χ1) is 9.47. The van der Waals surface area contributed by atoms with Crippen LogP contribution in [0.3, 0.4) is 0 Å². The van der Waals surface area contributed by atoms with Gasteiger partial charge in [-0.2, -0.15) is 0 Å². The highest BCUT2D eigenvalue weighted by molar-refractivity contribution is 7.89. The van der Waals surface area contributed by atoms with E-state index in [1.165, 1.54) is 19.2 Å². The zero-order chi connectivity index (χ0) is 14.8. The molecule has 0 radical (unpaired) electrons. The second-order valence-electron chi connectivity index (χ2n) is 4.12. The van der Waals surface area contributed by atoms with Gasteiger partial charge in [-0.1, -0.05) is 30.3 Å².